The number of nitrogens with one attached hydrogen (secondary N) is 1. The van der Waals surface area contributed by atoms with Crippen LogP contribution in [0.3, 0.4) is 0 Å². The van der Waals surface area contributed by atoms with Crippen molar-refractivity contribution in [3.05, 3.63) is 101 Å². The summed E-state index contributed by atoms with van der Waals surface area (Å²) in [6.07, 6.45) is 0. The van der Waals surface area contributed by atoms with Crippen molar-refractivity contribution in [3.63, 3.8) is 0 Å². The zero-order chi connectivity index (χ0) is 25.9. The van der Waals surface area contributed by atoms with Crippen LogP contribution in [0, 0.1) is 6.92 Å². The first-order valence-electron chi connectivity index (χ1n) is 11.8. The number of nitrogens with zero attached hydrogens (tertiary/aromatic N) is 4. The minimum Gasteiger partial charge on any atom is -0.486 e. The van der Waals surface area contributed by atoms with Crippen molar-refractivity contribution in [1.82, 2.24) is 20.2 Å². The number of furan rings is 1. The molecule has 0 bridgehead atoms. The fourth-order valence-corrected chi connectivity index (χ4v) is 3.91. The summed E-state index contributed by atoms with van der Waals surface area (Å²) in [6.45, 7) is 6.11. The smallest absolute Gasteiger partial charge is 0.255 e. The number of rotatable bonds is 8. The van der Waals surface area contributed by atoms with Crippen LogP contribution in [-0.2, 0) is 6.61 Å². The molecule has 0 fully saturated rings. The molecule has 37 heavy (non-hydrogen) atoms. The molecule has 9 heteroatoms. The molecule has 0 aliphatic heterocycles. The number of aryl methyl sites for hydroxylation is 1. The van der Waals surface area contributed by atoms with Crippen LogP contribution in [0.25, 0.3) is 11.0 Å². The molecule has 0 unspecified atom stereocenters. The average molecular weight is 496 g/mol. The predicted molar refractivity (Wildman–Crippen MR) is 138 cm³/mol. The van der Waals surface area contributed by atoms with Crippen molar-refractivity contribution in [3.8, 4) is 5.75 Å². The van der Waals surface area contributed by atoms with Gasteiger partial charge in [-0.25, -0.2) is 4.68 Å². The van der Waals surface area contributed by atoms with Crippen molar-refractivity contribution in [2.24, 2.45) is 0 Å². The van der Waals surface area contributed by atoms with Gasteiger partial charge in [0.1, 0.15) is 17.9 Å². The lowest BCUT2D eigenvalue weighted by Gasteiger charge is -2.10. The summed E-state index contributed by atoms with van der Waals surface area (Å²) in [7, 11) is 0. The van der Waals surface area contributed by atoms with Gasteiger partial charge in [-0.3, -0.25) is 9.59 Å². The van der Waals surface area contributed by atoms with E-state index in [0.717, 1.165) is 5.56 Å². The lowest BCUT2D eigenvalue weighted by molar-refractivity contribution is 0.101. The molecule has 5 aromatic rings. The number of aromatic nitrogens is 4. The first-order chi connectivity index (χ1) is 17.9. The molecule has 186 valence electrons. The zero-order valence-corrected chi connectivity index (χ0v) is 20.6. The van der Waals surface area contributed by atoms with E-state index in [9.17, 15) is 9.59 Å². The third kappa shape index (κ3) is 4.97. The van der Waals surface area contributed by atoms with Crippen molar-refractivity contribution < 1.29 is 18.7 Å². The van der Waals surface area contributed by atoms with Crippen LogP contribution in [0.4, 0.5) is 5.69 Å². The van der Waals surface area contributed by atoms with E-state index in [-0.39, 0.29) is 30.1 Å². The molecule has 0 spiro atoms. The molecule has 9 nitrogen and oxygen atoms in total. The van der Waals surface area contributed by atoms with E-state index >= 15 is 0 Å². The zero-order valence-electron chi connectivity index (χ0n) is 20.6. The maximum absolute atomic E-state index is 13.3. The summed E-state index contributed by atoms with van der Waals surface area (Å²) in [4.78, 5) is 26.4. The summed E-state index contributed by atoms with van der Waals surface area (Å²) in [6, 6.07) is 21.2. The second kappa shape index (κ2) is 10.1. The lowest BCUT2D eigenvalue weighted by Crippen LogP contribution is -2.14. The molecular weight excluding hydrogens is 470 g/mol. The number of hydrogen-bond acceptors (Lipinski definition) is 7. The first-order valence-corrected chi connectivity index (χ1v) is 11.8. The molecule has 0 atom stereocenters. The van der Waals surface area contributed by atoms with Gasteiger partial charge in [-0.15, -0.1) is 5.10 Å². The standard InChI is InChI=1S/C28H25N5O4/c1-17(2)33-24(30-31-32-33)16-36-21-14-12-20(13-15-21)28(35)29-25-22-6-4-5-7-23(22)37-27(25)26(34)19-10-8-18(3)9-11-19/h4-15,17H,16H2,1-3H3,(H,29,35). The summed E-state index contributed by atoms with van der Waals surface area (Å²) in [5.74, 6) is 0.577. The Morgan fingerprint density at radius 3 is 2.41 bits per heavy atom. The molecule has 1 amide bonds. The van der Waals surface area contributed by atoms with Crippen LogP contribution in [0.1, 0.15) is 57.8 Å². The maximum atomic E-state index is 13.3. The highest BCUT2D eigenvalue weighted by Crippen LogP contribution is 2.33. The van der Waals surface area contributed by atoms with E-state index in [1.807, 2.05) is 51.1 Å². The van der Waals surface area contributed by atoms with E-state index in [0.29, 0.717) is 39.4 Å². The monoisotopic (exact) mass is 495 g/mol. The van der Waals surface area contributed by atoms with Crippen LogP contribution in [0.2, 0.25) is 0 Å². The number of amides is 1. The number of carbonyl (C=O) groups is 2. The van der Waals surface area contributed by atoms with Crippen LogP contribution in [0.15, 0.2) is 77.2 Å². The third-order valence-electron chi connectivity index (χ3n) is 5.89. The lowest BCUT2D eigenvalue weighted by atomic mass is 10.1. The van der Waals surface area contributed by atoms with Crippen molar-refractivity contribution in [1.29, 1.82) is 0 Å². The molecule has 0 radical (unpaired) electrons. The Morgan fingerprint density at radius 1 is 0.973 bits per heavy atom. The third-order valence-corrected chi connectivity index (χ3v) is 5.89. The number of benzene rings is 3. The largest absolute Gasteiger partial charge is 0.486 e. The van der Waals surface area contributed by atoms with E-state index in [1.165, 1.54) is 0 Å². The SMILES string of the molecule is Cc1ccc(C(=O)c2oc3ccccc3c2NC(=O)c2ccc(OCc3nnnn3C(C)C)cc2)cc1. The Hall–Kier alpha value is -4.79. The molecule has 1 N–H and O–H groups in total. The highest BCUT2D eigenvalue weighted by molar-refractivity contribution is 6.18. The summed E-state index contributed by atoms with van der Waals surface area (Å²) in [5, 5.41) is 15.2. The fraction of sp³-hybridized carbons (Fsp3) is 0.179. The van der Waals surface area contributed by atoms with Gasteiger partial charge in [0, 0.05) is 16.5 Å². The number of ketones is 1. The minimum absolute atomic E-state index is 0.0845. The number of tetrazole rings is 1. The molecule has 0 aliphatic carbocycles. The van der Waals surface area contributed by atoms with Crippen molar-refractivity contribution in [2.75, 3.05) is 5.32 Å². The van der Waals surface area contributed by atoms with Gasteiger partial charge < -0.3 is 14.5 Å². The molecule has 0 aliphatic rings. The Balaban J connectivity index is 1.35. The average Bonchev–Trinajstić information content (AvgIpc) is 3.53. The number of ether oxygens (including phenoxy) is 1. The van der Waals surface area contributed by atoms with Crippen molar-refractivity contribution in [2.45, 2.75) is 33.4 Å². The Bertz CT molecular complexity index is 1570. The van der Waals surface area contributed by atoms with Gasteiger partial charge in [-0.05, 0) is 67.6 Å². The number of anilines is 1. The second-order valence-corrected chi connectivity index (χ2v) is 8.90. The normalized spacial score (nSPS) is 11.1. The molecule has 5 rings (SSSR count). The van der Waals surface area contributed by atoms with Gasteiger partial charge in [0.05, 0.1) is 11.7 Å². The molecule has 3 aromatic carbocycles. The number of fused-ring (bicyclic) bond motifs is 1. The topological polar surface area (TPSA) is 112 Å². The van der Waals surface area contributed by atoms with Gasteiger partial charge in [0.15, 0.2) is 11.6 Å². The molecule has 2 heterocycles. The summed E-state index contributed by atoms with van der Waals surface area (Å²) >= 11 is 0. The minimum atomic E-state index is -0.375. The first kappa shape index (κ1) is 23.9. The van der Waals surface area contributed by atoms with E-state index in [4.69, 9.17) is 9.15 Å². The van der Waals surface area contributed by atoms with Gasteiger partial charge in [0.25, 0.3) is 5.91 Å². The highest BCUT2D eigenvalue weighted by atomic mass is 16.5. The van der Waals surface area contributed by atoms with Crippen LogP contribution in [0.5, 0.6) is 5.75 Å². The highest BCUT2D eigenvalue weighted by Gasteiger charge is 2.24. The van der Waals surface area contributed by atoms with Gasteiger partial charge in [0.2, 0.25) is 5.78 Å². The quantitative estimate of drug-likeness (QED) is 0.288. The van der Waals surface area contributed by atoms with E-state index < -0.39 is 0 Å². The molecule has 0 saturated heterocycles. The number of carbonyl (C=O) groups excluding carboxylic acids is 2. The van der Waals surface area contributed by atoms with Crippen LogP contribution >= 0.6 is 0 Å². The summed E-state index contributed by atoms with van der Waals surface area (Å²) in [5.41, 5.74) is 2.77. The Kier molecular flexibility index (Phi) is 6.51. The van der Waals surface area contributed by atoms with Crippen LogP contribution < -0.4 is 10.1 Å². The molecule has 2 aromatic heterocycles. The van der Waals surface area contributed by atoms with E-state index in [2.05, 4.69) is 20.8 Å². The number of hydrogen-bond donors (Lipinski definition) is 1. The van der Waals surface area contributed by atoms with Gasteiger partial charge >= 0.3 is 0 Å². The van der Waals surface area contributed by atoms with E-state index in [1.54, 1.807) is 47.1 Å². The molecular formula is C28H25N5O4. The second-order valence-electron chi connectivity index (χ2n) is 8.90. The predicted octanol–water partition coefficient (Wildman–Crippen LogP) is 5.37. The maximum Gasteiger partial charge on any atom is 0.255 e. The Labute approximate surface area is 213 Å². The summed E-state index contributed by atoms with van der Waals surface area (Å²) < 4.78 is 13.4. The Morgan fingerprint density at radius 2 is 1.68 bits per heavy atom. The van der Waals surface area contributed by atoms with Crippen LogP contribution in [-0.4, -0.2) is 31.9 Å². The fourth-order valence-electron chi connectivity index (χ4n) is 3.91. The van der Waals surface area contributed by atoms with Crippen molar-refractivity contribution >= 4 is 28.3 Å². The van der Waals surface area contributed by atoms with Gasteiger partial charge in [-0.1, -0.05) is 42.0 Å². The molecule has 0 saturated carbocycles. The number of para-hydroxylation sites is 1. The van der Waals surface area contributed by atoms with Gasteiger partial charge in [-0.2, -0.15) is 0 Å².